The van der Waals surface area contributed by atoms with Crippen LogP contribution in [0.25, 0.3) is 0 Å². The van der Waals surface area contributed by atoms with Crippen molar-refractivity contribution >= 4 is 11.9 Å². The van der Waals surface area contributed by atoms with Crippen LogP contribution in [-0.4, -0.2) is 62.9 Å². The Bertz CT molecular complexity index is 965. The maximum absolute atomic E-state index is 13.2. The number of hydrogen-bond donors (Lipinski definition) is 0. The molecule has 8 heteroatoms. The number of carbonyl (C=O) groups is 1. The molecular formula is C22H30N6O2. The number of hydrogen-bond acceptors (Lipinski definition) is 6. The number of ether oxygens (including phenoxy) is 1. The summed E-state index contributed by atoms with van der Waals surface area (Å²) >= 11 is 0. The van der Waals surface area contributed by atoms with E-state index in [0.29, 0.717) is 6.42 Å². The number of amides is 1. The van der Waals surface area contributed by atoms with Crippen molar-refractivity contribution in [2.75, 3.05) is 31.2 Å². The van der Waals surface area contributed by atoms with Crippen LogP contribution in [0, 0.1) is 13.8 Å². The number of aromatic nitrogens is 4. The highest BCUT2D eigenvalue weighted by atomic mass is 16.5. The van der Waals surface area contributed by atoms with Gasteiger partial charge in [0.05, 0.1) is 30.6 Å². The van der Waals surface area contributed by atoms with E-state index < -0.39 is 0 Å². The monoisotopic (exact) mass is 410 g/mol. The quantitative estimate of drug-likeness (QED) is 0.766. The fraction of sp³-hybridized carbons (Fsp3) is 0.636. The summed E-state index contributed by atoms with van der Waals surface area (Å²) in [6.45, 7) is 7.22. The van der Waals surface area contributed by atoms with Gasteiger partial charge in [-0.3, -0.25) is 9.48 Å². The summed E-state index contributed by atoms with van der Waals surface area (Å²) in [5, 5.41) is 4.48. The molecule has 2 atom stereocenters. The Kier molecular flexibility index (Phi) is 4.97. The van der Waals surface area contributed by atoms with Gasteiger partial charge in [0.25, 0.3) is 0 Å². The third-order valence-electron chi connectivity index (χ3n) is 7.01. The van der Waals surface area contributed by atoms with Crippen molar-refractivity contribution in [1.29, 1.82) is 0 Å². The molecule has 0 aromatic carbocycles. The van der Waals surface area contributed by atoms with Gasteiger partial charge in [0.1, 0.15) is 0 Å². The zero-order valence-electron chi connectivity index (χ0n) is 18.1. The molecule has 0 aliphatic carbocycles. The van der Waals surface area contributed by atoms with Gasteiger partial charge in [-0.15, -0.1) is 0 Å². The van der Waals surface area contributed by atoms with E-state index in [0.717, 1.165) is 80.6 Å². The van der Waals surface area contributed by atoms with E-state index >= 15 is 0 Å². The molecule has 3 aliphatic rings. The summed E-state index contributed by atoms with van der Waals surface area (Å²) in [4.78, 5) is 27.1. The van der Waals surface area contributed by atoms with E-state index in [1.807, 2.05) is 24.9 Å². The predicted molar refractivity (Wildman–Crippen MR) is 112 cm³/mol. The topological polar surface area (TPSA) is 76.4 Å². The van der Waals surface area contributed by atoms with Crippen LogP contribution >= 0.6 is 0 Å². The third kappa shape index (κ3) is 3.27. The van der Waals surface area contributed by atoms with Gasteiger partial charge >= 0.3 is 0 Å². The van der Waals surface area contributed by atoms with E-state index in [4.69, 9.17) is 9.72 Å². The minimum absolute atomic E-state index is 0.126. The van der Waals surface area contributed by atoms with Gasteiger partial charge in [0, 0.05) is 56.5 Å². The van der Waals surface area contributed by atoms with E-state index in [1.165, 1.54) is 5.56 Å². The van der Waals surface area contributed by atoms with Gasteiger partial charge in [-0.25, -0.2) is 9.97 Å². The van der Waals surface area contributed by atoms with Gasteiger partial charge in [-0.2, -0.15) is 5.10 Å². The molecule has 5 rings (SSSR count). The largest absolute Gasteiger partial charge is 0.378 e. The molecule has 2 bridgehead atoms. The summed E-state index contributed by atoms with van der Waals surface area (Å²) in [6, 6.07) is 0.389. The first kappa shape index (κ1) is 19.5. The number of nitrogens with zero attached hydrogens (tertiary/aromatic N) is 6. The smallest absolute Gasteiger partial charge is 0.225 e. The zero-order valence-corrected chi connectivity index (χ0v) is 18.1. The van der Waals surface area contributed by atoms with Crippen LogP contribution in [0.5, 0.6) is 0 Å². The molecule has 2 aromatic rings. The Hall–Kier alpha value is -2.48. The summed E-state index contributed by atoms with van der Waals surface area (Å²) < 4.78 is 7.34. The van der Waals surface area contributed by atoms with Crippen molar-refractivity contribution in [3.8, 4) is 0 Å². The molecule has 0 N–H and O–H groups in total. The molecule has 8 nitrogen and oxygen atoms in total. The van der Waals surface area contributed by atoms with Gasteiger partial charge in [-0.1, -0.05) is 0 Å². The second-order valence-electron chi connectivity index (χ2n) is 8.70. The highest BCUT2D eigenvalue weighted by Gasteiger charge is 2.43. The van der Waals surface area contributed by atoms with Gasteiger partial charge < -0.3 is 14.5 Å². The van der Waals surface area contributed by atoms with Crippen LogP contribution < -0.4 is 4.90 Å². The Morgan fingerprint density at radius 3 is 2.77 bits per heavy atom. The highest BCUT2D eigenvalue weighted by molar-refractivity contribution is 5.78. The summed E-state index contributed by atoms with van der Waals surface area (Å²) in [7, 11) is 1.96. The average molecular weight is 411 g/mol. The number of anilines is 1. The Balaban J connectivity index is 1.32. The lowest BCUT2D eigenvalue weighted by atomic mass is 9.98. The SMILES string of the molecule is Cc1nn(C)c(C)c1CCC(=O)N1C2CCC1c1cnc(N3CCOCC3)nc1C2. The molecule has 30 heavy (non-hydrogen) atoms. The van der Waals surface area contributed by atoms with Crippen LogP contribution in [0.1, 0.15) is 53.5 Å². The lowest BCUT2D eigenvalue weighted by Crippen LogP contribution is -2.43. The average Bonchev–Trinajstić information content (AvgIpc) is 3.20. The van der Waals surface area contributed by atoms with Crippen molar-refractivity contribution in [1.82, 2.24) is 24.6 Å². The highest BCUT2D eigenvalue weighted by Crippen LogP contribution is 2.43. The number of aryl methyl sites for hydroxylation is 2. The van der Waals surface area contributed by atoms with Crippen molar-refractivity contribution in [3.05, 3.63) is 34.4 Å². The van der Waals surface area contributed by atoms with E-state index in [9.17, 15) is 4.79 Å². The Labute approximate surface area is 177 Å². The molecule has 0 radical (unpaired) electrons. The normalized spacial score (nSPS) is 23.0. The van der Waals surface area contributed by atoms with E-state index in [-0.39, 0.29) is 18.0 Å². The van der Waals surface area contributed by atoms with Gasteiger partial charge in [0.15, 0.2) is 0 Å². The molecule has 0 spiro atoms. The molecule has 1 amide bonds. The van der Waals surface area contributed by atoms with Crippen LogP contribution in [0.3, 0.4) is 0 Å². The Morgan fingerprint density at radius 1 is 1.23 bits per heavy atom. The molecular weight excluding hydrogens is 380 g/mol. The van der Waals surface area contributed by atoms with E-state index in [2.05, 4.69) is 26.8 Å². The predicted octanol–water partition coefficient (Wildman–Crippen LogP) is 1.88. The molecule has 2 aromatic heterocycles. The van der Waals surface area contributed by atoms with Crippen LogP contribution in [-0.2, 0) is 29.4 Å². The van der Waals surface area contributed by atoms with Gasteiger partial charge in [-0.05, 0) is 38.7 Å². The molecule has 2 saturated heterocycles. The maximum Gasteiger partial charge on any atom is 0.225 e. The minimum Gasteiger partial charge on any atom is -0.378 e. The number of carbonyl (C=O) groups excluding carboxylic acids is 1. The number of rotatable bonds is 4. The number of morpholine rings is 1. The van der Waals surface area contributed by atoms with Crippen molar-refractivity contribution < 1.29 is 9.53 Å². The standard InChI is InChI=1S/C22H30N6O2/c1-14-17(15(2)26(3)25-14)5-7-21(29)28-16-4-6-20(28)18-13-23-22(24-19(18)12-16)27-8-10-30-11-9-27/h13,16,20H,4-12H2,1-3H3. The summed E-state index contributed by atoms with van der Waals surface area (Å²) in [6.07, 6.45) is 6.14. The van der Waals surface area contributed by atoms with E-state index in [1.54, 1.807) is 0 Å². The third-order valence-corrected chi connectivity index (χ3v) is 7.01. The lowest BCUT2D eigenvalue weighted by Gasteiger charge is -2.36. The second kappa shape index (κ2) is 7.65. The van der Waals surface area contributed by atoms with Crippen molar-refractivity contribution in [2.45, 2.75) is 58.0 Å². The molecule has 0 saturated carbocycles. The molecule has 2 unspecified atom stereocenters. The fourth-order valence-electron chi connectivity index (χ4n) is 5.30. The van der Waals surface area contributed by atoms with Crippen LogP contribution in [0.2, 0.25) is 0 Å². The second-order valence-corrected chi connectivity index (χ2v) is 8.70. The first-order valence-corrected chi connectivity index (χ1v) is 11.0. The molecule has 160 valence electrons. The van der Waals surface area contributed by atoms with Gasteiger partial charge in [0.2, 0.25) is 11.9 Å². The molecule has 5 heterocycles. The first-order valence-electron chi connectivity index (χ1n) is 11.0. The number of fused-ring (bicyclic) bond motifs is 4. The Morgan fingerprint density at radius 2 is 2.03 bits per heavy atom. The summed E-state index contributed by atoms with van der Waals surface area (Å²) in [5.74, 6) is 1.05. The maximum atomic E-state index is 13.2. The lowest BCUT2D eigenvalue weighted by molar-refractivity contribution is -0.134. The summed E-state index contributed by atoms with van der Waals surface area (Å²) in [5.41, 5.74) is 5.65. The van der Waals surface area contributed by atoms with Crippen molar-refractivity contribution in [2.24, 2.45) is 7.05 Å². The first-order chi connectivity index (χ1) is 14.5. The van der Waals surface area contributed by atoms with Crippen molar-refractivity contribution in [3.63, 3.8) is 0 Å². The fourth-order valence-corrected chi connectivity index (χ4v) is 5.30. The zero-order chi connectivity index (χ0) is 20.8. The van der Waals surface area contributed by atoms with Crippen LogP contribution in [0.15, 0.2) is 6.20 Å². The molecule has 2 fully saturated rings. The molecule has 3 aliphatic heterocycles. The minimum atomic E-state index is 0.126. The van der Waals surface area contributed by atoms with Crippen LogP contribution in [0.4, 0.5) is 5.95 Å².